The van der Waals surface area contributed by atoms with E-state index in [1.54, 1.807) is 24.3 Å². The molecule has 0 spiro atoms. The van der Waals surface area contributed by atoms with Crippen LogP contribution in [0.25, 0.3) is 0 Å². The molecule has 0 bridgehead atoms. The predicted molar refractivity (Wildman–Crippen MR) is 106 cm³/mol. The number of primary amides is 2. The van der Waals surface area contributed by atoms with Gasteiger partial charge in [-0.15, -0.1) is 0 Å². The quantitative estimate of drug-likeness (QED) is 0.323. The second kappa shape index (κ2) is 7.70. The molecule has 2 amide bonds. The summed E-state index contributed by atoms with van der Waals surface area (Å²) in [6.07, 6.45) is 4.95. The first kappa shape index (κ1) is 18.8. The highest BCUT2D eigenvalue weighted by molar-refractivity contribution is 5.98. The van der Waals surface area contributed by atoms with Crippen molar-refractivity contribution >= 4 is 47.6 Å². The van der Waals surface area contributed by atoms with Crippen LogP contribution in [-0.2, 0) is 4.79 Å². The lowest BCUT2D eigenvalue weighted by atomic mass is 10.2. The number of benzene rings is 1. The van der Waals surface area contributed by atoms with Crippen molar-refractivity contribution in [1.29, 1.82) is 0 Å². The minimum Gasteiger partial charge on any atom is -0.390 e. The molecule has 11 nitrogen and oxygen atoms in total. The van der Waals surface area contributed by atoms with E-state index in [1.165, 1.54) is 12.5 Å². The Labute approximate surface area is 160 Å². The summed E-state index contributed by atoms with van der Waals surface area (Å²) in [6.45, 7) is 0. The Balaban J connectivity index is 1.82. The molecule has 0 aliphatic heterocycles. The number of nitrogens with one attached hydrogen (secondary N) is 2. The number of rotatable bonds is 8. The third kappa shape index (κ3) is 4.20. The van der Waals surface area contributed by atoms with E-state index in [0.29, 0.717) is 24.2 Å². The molecule has 0 radical (unpaired) electrons. The van der Waals surface area contributed by atoms with E-state index in [2.05, 4.69) is 30.6 Å². The number of amides is 2. The van der Waals surface area contributed by atoms with Gasteiger partial charge >= 0.3 is 0 Å². The highest BCUT2D eigenvalue weighted by atomic mass is 16.2. The lowest BCUT2D eigenvalue weighted by Gasteiger charge is -2.15. The maximum absolute atomic E-state index is 11.7. The van der Waals surface area contributed by atoms with Crippen molar-refractivity contribution in [2.24, 2.45) is 27.2 Å². The first-order chi connectivity index (χ1) is 13.4. The largest absolute Gasteiger partial charge is 0.390 e. The van der Waals surface area contributed by atoms with Crippen LogP contribution in [0.2, 0.25) is 0 Å². The van der Waals surface area contributed by atoms with Gasteiger partial charge in [0.25, 0.3) is 5.91 Å². The molecule has 28 heavy (non-hydrogen) atoms. The molecule has 144 valence electrons. The number of aromatic nitrogens is 2. The van der Waals surface area contributed by atoms with E-state index in [1.807, 2.05) is 0 Å². The molecule has 8 N–H and O–H groups in total. The highest BCUT2D eigenvalue weighted by Gasteiger charge is 2.49. The number of carbonyl (C=O) groups excluding carboxylic acids is 2. The average molecular weight is 381 g/mol. The van der Waals surface area contributed by atoms with Gasteiger partial charge in [0.05, 0.1) is 12.0 Å². The van der Waals surface area contributed by atoms with Gasteiger partial charge in [-0.1, -0.05) is 0 Å². The van der Waals surface area contributed by atoms with E-state index in [0.717, 1.165) is 6.34 Å². The molecule has 1 aromatic heterocycles. The van der Waals surface area contributed by atoms with E-state index >= 15 is 0 Å². The Morgan fingerprint density at radius 2 is 1.89 bits per heavy atom. The average Bonchev–Trinajstić information content (AvgIpc) is 3.44. The first-order valence-electron chi connectivity index (χ1n) is 8.31. The second-order valence-corrected chi connectivity index (χ2v) is 6.11. The van der Waals surface area contributed by atoms with Gasteiger partial charge in [-0.25, -0.2) is 15.0 Å². The van der Waals surface area contributed by atoms with Crippen molar-refractivity contribution in [2.75, 3.05) is 10.6 Å². The van der Waals surface area contributed by atoms with Gasteiger partial charge in [0.15, 0.2) is 0 Å². The van der Waals surface area contributed by atoms with Gasteiger partial charge in [-0.2, -0.15) is 4.98 Å². The zero-order valence-corrected chi connectivity index (χ0v) is 14.8. The fourth-order valence-corrected chi connectivity index (χ4v) is 2.40. The summed E-state index contributed by atoms with van der Waals surface area (Å²) >= 11 is 0. The van der Waals surface area contributed by atoms with E-state index in [4.69, 9.17) is 17.2 Å². The molecule has 0 unspecified atom stereocenters. The van der Waals surface area contributed by atoms with Gasteiger partial charge in [-0.3, -0.25) is 9.59 Å². The minimum absolute atomic E-state index is 0.105. The van der Waals surface area contributed by atoms with Crippen LogP contribution in [0.5, 0.6) is 0 Å². The summed E-state index contributed by atoms with van der Waals surface area (Å²) in [6, 6.07) is 6.96. The molecular formula is C17H19N9O2. The van der Waals surface area contributed by atoms with E-state index in [-0.39, 0.29) is 17.3 Å². The van der Waals surface area contributed by atoms with Crippen LogP contribution in [0.4, 0.5) is 23.1 Å². The lowest BCUT2D eigenvalue weighted by Crippen LogP contribution is -2.38. The van der Waals surface area contributed by atoms with Gasteiger partial charge in [0.2, 0.25) is 11.9 Å². The van der Waals surface area contributed by atoms with Crippen LogP contribution >= 0.6 is 0 Å². The van der Waals surface area contributed by atoms with Crippen LogP contribution < -0.4 is 27.8 Å². The minimum atomic E-state index is -0.836. The summed E-state index contributed by atoms with van der Waals surface area (Å²) in [4.78, 5) is 39.3. The molecular weight excluding hydrogens is 362 g/mol. The van der Waals surface area contributed by atoms with Crippen LogP contribution in [0.15, 0.2) is 40.4 Å². The number of aliphatic imine (C=N–C) groups is 2. The zero-order valence-electron chi connectivity index (χ0n) is 14.8. The lowest BCUT2D eigenvalue weighted by molar-refractivity contribution is -0.119. The molecule has 1 fully saturated rings. The van der Waals surface area contributed by atoms with Crippen molar-refractivity contribution in [1.82, 2.24) is 9.97 Å². The third-order valence-electron chi connectivity index (χ3n) is 4.12. The van der Waals surface area contributed by atoms with Gasteiger partial charge in [-0.05, 0) is 37.1 Å². The smallest absolute Gasteiger partial charge is 0.254 e. The van der Waals surface area contributed by atoms with Gasteiger partial charge < -0.3 is 27.8 Å². The number of hydrogen-bond acceptors (Lipinski definition) is 7. The Morgan fingerprint density at radius 3 is 2.46 bits per heavy atom. The maximum atomic E-state index is 11.7. The Bertz CT molecular complexity index is 950. The van der Waals surface area contributed by atoms with E-state index < -0.39 is 17.4 Å². The molecule has 2 aromatic rings. The SMILES string of the molecule is NC=NC=Nc1ccc(Nc2nc(NC3(C(N)=O)CC3)ncc2C(N)=O)cc1. The van der Waals surface area contributed by atoms with E-state index in [9.17, 15) is 9.59 Å². The number of carbonyl (C=O) groups is 2. The molecule has 1 aliphatic rings. The zero-order chi connectivity index (χ0) is 20.1. The summed E-state index contributed by atoms with van der Waals surface area (Å²) in [5.74, 6) is -0.787. The maximum Gasteiger partial charge on any atom is 0.254 e. The molecule has 0 saturated heterocycles. The van der Waals surface area contributed by atoms with Crippen LogP contribution in [0, 0.1) is 0 Å². The van der Waals surface area contributed by atoms with Crippen molar-refractivity contribution in [3.63, 3.8) is 0 Å². The van der Waals surface area contributed by atoms with Crippen LogP contribution in [-0.4, -0.2) is 40.0 Å². The van der Waals surface area contributed by atoms with Gasteiger partial charge in [0, 0.05) is 11.9 Å². The number of hydrogen-bond donors (Lipinski definition) is 5. The second-order valence-electron chi connectivity index (χ2n) is 6.11. The molecule has 1 aliphatic carbocycles. The fourth-order valence-electron chi connectivity index (χ4n) is 2.40. The Hall–Kier alpha value is -4.02. The Kier molecular flexibility index (Phi) is 5.16. The first-order valence-corrected chi connectivity index (χ1v) is 8.31. The standard InChI is InChI=1S/C17H19N9O2/c18-8-21-9-23-10-1-3-11(4-2-10)24-14-12(13(19)27)7-22-16(25-14)26-17(5-6-17)15(20)28/h1-4,7-9H,5-6H2,(H2,19,27)(H2,20,28)(H2,18,21,23)(H2,22,24,25,26). The molecule has 0 atom stereocenters. The summed E-state index contributed by atoms with van der Waals surface area (Å²) in [5.41, 5.74) is 16.5. The predicted octanol–water partition coefficient (Wildman–Crippen LogP) is 0.396. The summed E-state index contributed by atoms with van der Waals surface area (Å²) < 4.78 is 0. The normalized spacial score (nSPS) is 14.9. The van der Waals surface area contributed by atoms with Gasteiger partial charge in [0.1, 0.15) is 23.3 Å². The monoisotopic (exact) mass is 381 g/mol. The number of anilines is 3. The third-order valence-corrected chi connectivity index (χ3v) is 4.12. The Morgan fingerprint density at radius 1 is 1.18 bits per heavy atom. The molecule has 3 rings (SSSR count). The molecule has 1 heterocycles. The van der Waals surface area contributed by atoms with Crippen molar-refractivity contribution < 1.29 is 9.59 Å². The van der Waals surface area contributed by atoms with Crippen molar-refractivity contribution in [3.8, 4) is 0 Å². The topological polar surface area (TPSA) is 187 Å². The van der Waals surface area contributed by atoms with Crippen molar-refractivity contribution in [2.45, 2.75) is 18.4 Å². The van der Waals surface area contributed by atoms with Crippen LogP contribution in [0.3, 0.4) is 0 Å². The van der Waals surface area contributed by atoms with Crippen molar-refractivity contribution in [3.05, 3.63) is 36.0 Å². The molecule has 11 heteroatoms. The molecule has 1 saturated carbocycles. The summed E-state index contributed by atoms with van der Waals surface area (Å²) in [5, 5.41) is 5.94. The van der Waals surface area contributed by atoms with Crippen LogP contribution in [0.1, 0.15) is 23.2 Å². The summed E-state index contributed by atoms with van der Waals surface area (Å²) in [7, 11) is 0. The molecule has 1 aromatic carbocycles. The number of nitrogens with two attached hydrogens (primary N) is 3. The fraction of sp³-hybridized carbons (Fsp3) is 0.176. The highest BCUT2D eigenvalue weighted by Crippen LogP contribution is 2.38. The number of nitrogens with zero attached hydrogens (tertiary/aromatic N) is 4.